The lowest BCUT2D eigenvalue weighted by molar-refractivity contribution is -0.142. The van der Waals surface area contributed by atoms with Crippen molar-refractivity contribution in [2.24, 2.45) is 0 Å². The molecule has 1 aliphatic carbocycles. The Morgan fingerprint density at radius 2 is 2.12 bits per heavy atom. The van der Waals surface area contributed by atoms with E-state index in [0.717, 1.165) is 30.5 Å². The van der Waals surface area contributed by atoms with Crippen LogP contribution in [0.15, 0.2) is 18.2 Å². The number of halogens is 2. The minimum Gasteiger partial charge on any atom is -0.480 e. The van der Waals surface area contributed by atoms with E-state index in [-0.39, 0.29) is 19.1 Å². The van der Waals surface area contributed by atoms with Crippen LogP contribution in [0.4, 0.5) is 0 Å². The SMILES string of the molecule is O=C(O)COCCNC(=O)c1nn(-c2ccc(Cl)cc2Cl)c2c1CCC2. The molecule has 1 heterocycles. The van der Waals surface area contributed by atoms with E-state index in [0.29, 0.717) is 21.4 Å². The summed E-state index contributed by atoms with van der Waals surface area (Å²) in [5, 5.41) is 16.7. The van der Waals surface area contributed by atoms with E-state index >= 15 is 0 Å². The largest absolute Gasteiger partial charge is 0.480 e. The van der Waals surface area contributed by atoms with Gasteiger partial charge < -0.3 is 15.2 Å². The van der Waals surface area contributed by atoms with Gasteiger partial charge in [0, 0.05) is 22.8 Å². The number of hydrogen-bond donors (Lipinski definition) is 2. The van der Waals surface area contributed by atoms with Gasteiger partial charge in [0.1, 0.15) is 6.61 Å². The van der Waals surface area contributed by atoms with Crippen molar-refractivity contribution in [1.29, 1.82) is 0 Å². The average Bonchev–Trinajstić information content (AvgIpc) is 3.17. The van der Waals surface area contributed by atoms with Crippen molar-refractivity contribution in [2.45, 2.75) is 19.3 Å². The van der Waals surface area contributed by atoms with Crippen LogP contribution in [-0.4, -0.2) is 46.5 Å². The summed E-state index contributed by atoms with van der Waals surface area (Å²) >= 11 is 12.2. The molecule has 26 heavy (non-hydrogen) atoms. The van der Waals surface area contributed by atoms with Crippen LogP contribution in [-0.2, 0) is 22.4 Å². The number of nitrogens with one attached hydrogen (secondary N) is 1. The molecule has 1 aromatic carbocycles. The topological polar surface area (TPSA) is 93.4 Å². The Bertz CT molecular complexity index is 851. The first-order valence-electron chi connectivity index (χ1n) is 8.11. The summed E-state index contributed by atoms with van der Waals surface area (Å²) in [7, 11) is 0. The molecule has 9 heteroatoms. The molecule has 0 unspecified atom stereocenters. The number of nitrogens with zero attached hydrogens (tertiary/aromatic N) is 2. The second-order valence-corrected chi connectivity index (χ2v) is 6.68. The van der Waals surface area contributed by atoms with Crippen LogP contribution in [0.2, 0.25) is 10.0 Å². The van der Waals surface area contributed by atoms with Crippen molar-refractivity contribution in [3.63, 3.8) is 0 Å². The number of rotatable bonds is 7. The van der Waals surface area contributed by atoms with Crippen LogP contribution in [0, 0.1) is 0 Å². The molecule has 0 aliphatic heterocycles. The lowest BCUT2D eigenvalue weighted by atomic mass is 10.2. The fourth-order valence-corrected chi connectivity index (χ4v) is 3.44. The molecular formula is C17H17Cl2N3O4. The zero-order chi connectivity index (χ0) is 18.7. The van der Waals surface area contributed by atoms with Crippen molar-refractivity contribution >= 4 is 35.1 Å². The van der Waals surface area contributed by atoms with Gasteiger partial charge in [-0.3, -0.25) is 4.79 Å². The number of benzene rings is 1. The molecule has 3 rings (SSSR count). The molecule has 138 valence electrons. The quantitative estimate of drug-likeness (QED) is 0.700. The smallest absolute Gasteiger partial charge is 0.329 e. The van der Waals surface area contributed by atoms with Crippen LogP contribution in [0.5, 0.6) is 0 Å². The van der Waals surface area contributed by atoms with E-state index in [1.807, 2.05) is 0 Å². The number of carbonyl (C=O) groups is 2. The minimum absolute atomic E-state index is 0.115. The fraction of sp³-hybridized carbons (Fsp3) is 0.353. The number of carbonyl (C=O) groups excluding carboxylic acids is 1. The highest BCUT2D eigenvalue weighted by Crippen LogP contribution is 2.31. The van der Waals surface area contributed by atoms with Crippen molar-refractivity contribution in [2.75, 3.05) is 19.8 Å². The summed E-state index contributed by atoms with van der Waals surface area (Å²) in [6.45, 7) is -0.0750. The first kappa shape index (κ1) is 18.7. The first-order valence-corrected chi connectivity index (χ1v) is 8.87. The standard InChI is InChI=1S/C17H17Cl2N3O4/c18-10-4-5-14(12(19)8-10)22-13-3-1-2-11(13)16(21-22)17(25)20-6-7-26-9-15(23)24/h4-5,8H,1-3,6-7,9H2,(H,20,25)(H,23,24). The zero-order valence-corrected chi connectivity index (χ0v) is 15.3. The molecule has 0 radical (unpaired) electrons. The van der Waals surface area contributed by atoms with E-state index in [2.05, 4.69) is 10.4 Å². The lowest BCUT2D eigenvalue weighted by Gasteiger charge is -2.08. The van der Waals surface area contributed by atoms with Gasteiger partial charge in [-0.05, 0) is 37.5 Å². The van der Waals surface area contributed by atoms with Gasteiger partial charge in [-0.15, -0.1) is 0 Å². The second-order valence-electron chi connectivity index (χ2n) is 5.84. The summed E-state index contributed by atoms with van der Waals surface area (Å²) in [5.74, 6) is -1.36. The molecular weight excluding hydrogens is 381 g/mol. The summed E-state index contributed by atoms with van der Waals surface area (Å²) in [5.41, 5.74) is 2.93. The van der Waals surface area contributed by atoms with Gasteiger partial charge >= 0.3 is 5.97 Å². The van der Waals surface area contributed by atoms with Crippen molar-refractivity contribution in [1.82, 2.24) is 15.1 Å². The highest BCUT2D eigenvalue weighted by atomic mass is 35.5. The third-order valence-electron chi connectivity index (χ3n) is 4.04. The maximum Gasteiger partial charge on any atom is 0.329 e. The molecule has 0 bridgehead atoms. The number of fused-ring (bicyclic) bond motifs is 1. The summed E-state index contributed by atoms with van der Waals surface area (Å²) in [4.78, 5) is 22.9. The molecule has 0 saturated carbocycles. The maximum atomic E-state index is 12.5. The normalized spacial score (nSPS) is 12.8. The Morgan fingerprint density at radius 3 is 2.85 bits per heavy atom. The van der Waals surface area contributed by atoms with Gasteiger partial charge in [-0.25, -0.2) is 9.48 Å². The van der Waals surface area contributed by atoms with Gasteiger partial charge in [0.2, 0.25) is 0 Å². The molecule has 1 amide bonds. The van der Waals surface area contributed by atoms with E-state index in [4.69, 9.17) is 33.0 Å². The predicted octanol–water partition coefficient (Wildman–Crippen LogP) is 2.50. The van der Waals surface area contributed by atoms with E-state index in [1.54, 1.807) is 22.9 Å². The molecule has 7 nitrogen and oxygen atoms in total. The summed E-state index contributed by atoms with van der Waals surface area (Å²) < 4.78 is 6.61. The molecule has 1 aliphatic rings. The fourth-order valence-electron chi connectivity index (χ4n) is 2.95. The van der Waals surface area contributed by atoms with Crippen molar-refractivity contribution in [3.8, 4) is 5.69 Å². The van der Waals surface area contributed by atoms with Crippen LogP contribution in [0.3, 0.4) is 0 Å². The second kappa shape index (κ2) is 8.07. The van der Waals surface area contributed by atoms with E-state index in [1.165, 1.54) is 0 Å². The number of ether oxygens (including phenoxy) is 1. The minimum atomic E-state index is -1.05. The Kier molecular flexibility index (Phi) is 5.80. The van der Waals surface area contributed by atoms with Crippen LogP contribution in [0.1, 0.15) is 28.2 Å². The van der Waals surface area contributed by atoms with Gasteiger partial charge in [-0.2, -0.15) is 5.10 Å². The number of amides is 1. The molecule has 0 fully saturated rings. The Hall–Kier alpha value is -2.09. The van der Waals surface area contributed by atoms with Gasteiger partial charge in [0.05, 0.1) is 17.3 Å². The van der Waals surface area contributed by atoms with Crippen molar-refractivity contribution in [3.05, 3.63) is 45.2 Å². The summed E-state index contributed by atoms with van der Waals surface area (Å²) in [6.07, 6.45) is 2.54. The number of carboxylic acid groups (broad SMARTS) is 1. The molecule has 0 spiro atoms. The van der Waals surface area contributed by atoms with Gasteiger partial charge in [0.15, 0.2) is 5.69 Å². The van der Waals surface area contributed by atoms with Crippen molar-refractivity contribution < 1.29 is 19.4 Å². The third-order valence-corrected chi connectivity index (χ3v) is 4.58. The Labute approximate surface area is 159 Å². The molecule has 2 N–H and O–H groups in total. The third kappa shape index (κ3) is 4.00. The molecule has 0 saturated heterocycles. The predicted molar refractivity (Wildman–Crippen MR) is 96.4 cm³/mol. The number of aliphatic carboxylic acids is 1. The first-order chi connectivity index (χ1) is 12.5. The zero-order valence-electron chi connectivity index (χ0n) is 13.8. The van der Waals surface area contributed by atoms with E-state index < -0.39 is 12.6 Å². The highest BCUT2D eigenvalue weighted by Gasteiger charge is 2.27. The lowest BCUT2D eigenvalue weighted by Crippen LogP contribution is -2.29. The van der Waals surface area contributed by atoms with Crippen LogP contribution < -0.4 is 5.32 Å². The molecule has 0 atom stereocenters. The summed E-state index contributed by atoms with van der Waals surface area (Å²) in [6, 6.07) is 5.14. The highest BCUT2D eigenvalue weighted by molar-refractivity contribution is 6.35. The van der Waals surface area contributed by atoms with Crippen LogP contribution in [0.25, 0.3) is 5.69 Å². The molecule has 1 aromatic heterocycles. The van der Waals surface area contributed by atoms with E-state index in [9.17, 15) is 9.59 Å². The maximum absolute atomic E-state index is 12.5. The monoisotopic (exact) mass is 397 g/mol. The Morgan fingerprint density at radius 1 is 1.31 bits per heavy atom. The Balaban J connectivity index is 1.77. The van der Waals surface area contributed by atoms with Crippen LogP contribution >= 0.6 is 23.2 Å². The molecule has 2 aromatic rings. The van der Waals surface area contributed by atoms with Gasteiger partial charge in [0.25, 0.3) is 5.91 Å². The number of carboxylic acids is 1. The number of hydrogen-bond acceptors (Lipinski definition) is 4. The van der Waals surface area contributed by atoms with Gasteiger partial charge in [-0.1, -0.05) is 23.2 Å². The number of aromatic nitrogens is 2. The average molecular weight is 398 g/mol.